The van der Waals surface area contributed by atoms with E-state index in [1.165, 1.54) is 12.3 Å². The van der Waals surface area contributed by atoms with Gasteiger partial charge >= 0.3 is 5.97 Å². The first-order chi connectivity index (χ1) is 14.3. The zero-order valence-electron chi connectivity index (χ0n) is 17.1. The van der Waals surface area contributed by atoms with Gasteiger partial charge in [-0.1, -0.05) is 18.2 Å². The van der Waals surface area contributed by atoms with Crippen molar-refractivity contribution in [1.82, 2.24) is 20.1 Å². The summed E-state index contributed by atoms with van der Waals surface area (Å²) in [6.07, 6.45) is 4.97. The van der Waals surface area contributed by atoms with Crippen LogP contribution in [0.1, 0.15) is 31.3 Å². The Morgan fingerprint density at radius 1 is 1.17 bits per heavy atom. The van der Waals surface area contributed by atoms with Gasteiger partial charge in [0.2, 0.25) is 0 Å². The lowest BCUT2D eigenvalue weighted by atomic mass is 9.93. The van der Waals surface area contributed by atoms with E-state index in [1.54, 1.807) is 31.6 Å². The summed E-state index contributed by atoms with van der Waals surface area (Å²) < 4.78 is 6.72. The number of esters is 1. The van der Waals surface area contributed by atoms with Gasteiger partial charge in [0.15, 0.2) is 5.69 Å². The summed E-state index contributed by atoms with van der Waals surface area (Å²) >= 11 is 0. The zero-order chi connectivity index (χ0) is 21.7. The number of rotatable bonds is 7. The number of nitrogens with zero attached hydrogens (tertiary/aromatic N) is 3. The van der Waals surface area contributed by atoms with Crippen molar-refractivity contribution in [3.63, 3.8) is 0 Å². The quantitative estimate of drug-likeness (QED) is 0.582. The Morgan fingerprint density at radius 2 is 1.90 bits per heavy atom. The molecule has 0 saturated heterocycles. The summed E-state index contributed by atoms with van der Waals surface area (Å²) in [7, 11) is 0. The molecular formula is C22H24N4O4. The number of benzene rings is 1. The molecule has 8 heteroatoms. The molecule has 8 nitrogen and oxygen atoms in total. The van der Waals surface area contributed by atoms with Crippen molar-refractivity contribution in [1.29, 1.82) is 0 Å². The number of pyridine rings is 1. The number of hydrogen-bond donors (Lipinski definition) is 2. The molecule has 0 unspecified atom stereocenters. The van der Waals surface area contributed by atoms with Crippen LogP contribution in [0.2, 0.25) is 0 Å². The first-order valence-corrected chi connectivity index (χ1v) is 9.56. The van der Waals surface area contributed by atoms with E-state index in [0.717, 1.165) is 11.3 Å². The fraction of sp³-hybridized carbons (Fsp3) is 0.273. The number of carbonyl (C=O) groups is 2. The molecule has 2 aromatic heterocycles. The van der Waals surface area contributed by atoms with E-state index in [0.29, 0.717) is 5.56 Å². The third kappa shape index (κ3) is 4.65. The molecule has 1 amide bonds. The van der Waals surface area contributed by atoms with Gasteiger partial charge in [-0.2, -0.15) is 5.10 Å². The summed E-state index contributed by atoms with van der Waals surface area (Å²) in [6.45, 7) is 5.38. The van der Waals surface area contributed by atoms with Crippen LogP contribution in [0.25, 0.3) is 16.8 Å². The molecule has 1 aromatic carbocycles. The minimum Gasteiger partial charge on any atom is -0.505 e. The number of ether oxygens (including phenoxy) is 1. The summed E-state index contributed by atoms with van der Waals surface area (Å²) in [6, 6.07) is 11.1. The molecule has 30 heavy (non-hydrogen) atoms. The van der Waals surface area contributed by atoms with Crippen LogP contribution in [-0.2, 0) is 9.53 Å². The standard InChI is InChI=1S/C22H24N4O4/c1-4-30-21(29)22(2,3)14-24-20(28)19-18(27)10-15(11-23-19)16-12-25-26(13-16)17-8-6-5-7-9-17/h5-13,27H,4,14H2,1-3H3,(H,24,28). The number of aromatic hydroxyl groups is 1. The van der Waals surface area contributed by atoms with Gasteiger partial charge in [0, 0.05) is 30.1 Å². The maximum Gasteiger partial charge on any atom is 0.313 e. The predicted octanol–water partition coefficient (Wildman–Crippen LogP) is 2.96. The Morgan fingerprint density at radius 3 is 2.57 bits per heavy atom. The number of carbonyl (C=O) groups excluding carboxylic acids is 2. The molecule has 0 radical (unpaired) electrons. The minimum absolute atomic E-state index is 0.0530. The van der Waals surface area contributed by atoms with Gasteiger partial charge < -0.3 is 15.2 Å². The first kappa shape index (κ1) is 21.0. The van der Waals surface area contributed by atoms with Crippen molar-refractivity contribution in [3.8, 4) is 22.6 Å². The van der Waals surface area contributed by atoms with Crippen molar-refractivity contribution in [3.05, 3.63) is 60.7 Å². The van der Waals surface area contributed by atoms with Crippen LogP contribution in [0.15, 0.2) is 55.0 Å². The molecule has 2 heterocycles. The van der Waals surface area contributed by atoms with E-state index in [9.17, 15) is 14.7 Å². The maximum atomic E-state index is 12.4. The van der Waals surface area contributed by atoms with Crippen LogP contribution in [0.3, 0.4) is 0 Å². The number of amides is 1. The normalized spacial score (nSPS) is 11.2. The smallest absolute Gasteiger partial charge is 0.313 e. The molecule has 0 aliphatic rings. The summed E-state index contributed by atoms with van der Waals surface area (Å²) in [5.74, 6) is -1.24. The summed E-state index contributed by atoms with van der Waals surface area (Å²) in [5.41, 5.74) is 1.26. The van der Waals surface area contributed by atoms with E-state index < -0.39 is 17.3 Å². The Balaban J connectivity index is 1.72. The first-order valence-electron chi connectivity index (χ1n) is 9.56. The van der Waals surface area contributed by atoms with Crippen LogP contribution in [0.4, 0.5) is 0 Å². The Hall–Kier alpha value is -3.68. The number of nitrogens with one attached hydrogen (secondary N) is 1. The SMILES string of the molecule is CCOC(=O)C(C)(C)CNC(=O)c1ncc(-c2cnn(-c3ccccc3)c2)cc1O. The minimum atomic E-state index is -0.896. The van der Waals surface area contributed by atoms with Gasteiger partial charge in [-0.3, -0.25) is 9.59 Å². The fourth-order valence-corrected chi connectivity index (χ4v) is 2.76. The Kier molecular flexibility index (Phi) is 6.15. The van der Waals surface area contributed by atoms with Gasteiger partial charge in [0.25, 0.3) is 5.91 Å². The van der Waals surface area contributed by atoms with Crippen molar-refractivity contribution >= 4 is 11.9 Å². The average molecular weight is 408 g/mol. The Bertz CT molecular complexity index is 1040. The molecule has 0 spiro atoms. The van der Waals surface area contributed by atoms with Crippen molar-refractivity contribution in [2.24, 2.45) is 5.41 Å². The van der Waals surface area contributed by atoms with Gasteiger partial charge in [0.05, 0.1) is 23.9 Å². The van der Waals surface area contributed by atoms with Crippen LogP contribution >= 0.6 is 0 Å². The molecule has 0 aliphatic heterocycles. The third-order valence-electron chi connectivity index (χ3n) is 4.54. The lowest BCUT2D eigenvalue weighted by Gasteiger charge is -2.22. The second kappa shape index (κ2) is 8.77. The topological polar surface area (TPSA) is 106 Å². The highest BCUT2D eigenvalue weighted by Gasteiger charge is 2.30. The van der Waals surface area contributed by atoms with Crippen LogP contribution in [-0.4, -0.2) is 44.9 Å². The molecule has 3 rings (SSSR count). The van der Waals surface area contributed by atoms with Crippen LogP contribution in [0.5, 0.6) is 5.75 Å². The van der Waals surface area contributed by atoms with E-state index >= 15 is 0 Å². The third-order valence-corrected chi connectivity index (χ3v) is 4.54. The molecule has 3 aromatic rings. The van der Waals surface area contributed by atoms with Gasteiger partial charge in [-0.25, -0.2) is 9.67 Å². The van der Waals surface area contributed by atoms with Crippen molar-refractivity contribution < 1.29 is 19.4 Å². The zero-order valence-corrected chi connectivity index (χ0v) is 17.1. The van der Waals surface area contributed by atoms with E-state index in [4.69, 9.17) is 4.74 Å². The second-order valence-corrected chi connectivity index (χ2v) is 7.39. The molecule has 156 valence electrons. The highest BCUT2D eigenvalue weighted by Crippen LogP contribution is 2.25. The molecular weight excluding hydrogens is 384 g/mol. The number of aromatic nitrogens is 3. The van der Waals surface area contributed by atoms with Gasteiger partial charge in [-0.15, -0.1) is 0 Å². The van der Waals surface area contributed by atoms with Crippen LogP contribution in [0, 0.1) is 5.41 Å². The second-order valence-electron chi connectivity index (χ2n) is 7.39. The summed E-state index contributed by atoms with van der Waals surface area (Å²) in [4.78, 5) is 28.5. The van der Waals surface area contributed by atoms with Crippen LogP contribution < -0.4 is 5.32 Å². The molecule has 0 atom stereocenters. The number of para-hydroxylation sites is 1. The highest BCUT2D eigenvalue weighted by atomic mass is 16.5. The van der Waals surface area contributed by atoms with Crippen molar-refractivity contribution in [2.75, 3.05) is 13.2 Å². The van der Waals surface area contributed by atoms with Gasteiger partial charge in [-0.05, 0) is 39.0 Å². The number of hydrogen-bond acceptors (Lipinski definition) is 6. The summed E-state index contributed by atoms with van der Waals surface area (Å²) in [5, 5.41) is 17.3. The fourth-order valence-electron chi connectivity index (χ4n) is 2.76. The molecule has 2 N–H and O–H groups in total. The van der Waals surface area contributed by atoms with E-state index in [2.05, 4.69) is 15.4 Å². The van der Waals surface area contributed by atoms with Crippen molar-refractivity contribution in [2.45, 2.75) is 20.8 Å². The predicted molar refractivity (Wildman–Crippen MR) is 111 cm³/mol. The lowest BCUT2D eigenvalue weighted by Crippen LogP contribution is -2.40. The van der Waals surface area contributed by atoms with E-state index in [-0.39, 0.29) is 24.6 Å². The largest absolute Gasteiger partial charge is 0.505 e. The monoisotopic (exact) mass is 408 g/mol. The highest BCUT2D eigenvalue weighted by molar-refractivity contribution is 5.95. The Labute approximate surface area is 174 Å². The molecule has 0 aliphatic carbocycles. The average Bonchev–Trinajstić information content (AvgIpc) is 3.23. The lowest BCUT2D eigenvalue weighted by molar-refractivity contribution is -0.153. The molecule has 0 saturated carbocycles. The molecule has 0 fully saturated rings. The van der Waals surface area contributed by atoms with Gasteiger partial charge in [0.1, 0.15) is 5.75 Å². The van der Waals surface area contributed by atoms with E-state index in [1.807, 2.05) is 36.5 Å². The molecule has 0 bridgehead atoms. The maximum absolute atomic E-state index is 12.4.